The maximum atomic E-state index is 3.86. The minimum Gasteiger partial charge on any atom is -0.201 e. The molecule has 0 saturated carbocycles. The summed E-state index contributed by atoms with van der Waals surface area (Å²) in [5.41, 5.74) is 2.33. The Balaban J connectivity index is 2.27. The van der Waals surface area contributed by atoms with Crippen LogP contribution in [0.4, 0.5) is 0 Å². The van der Waals surface area contributed by atoms with Crippen molar-refractivity contribution < 1.29 is 0 Å². The highest BCUT2D eigenvalue weighted by Gasteiger charge is 2.01. The van der Waals surface area contributed by atoms with Gasteiger partial charge in [0.25, 0.3) is 0 Å². The van der Waals surface area contributed by atoms with E-state index < -0.39 is 0 Å². The third-order valence-corrected chi connectivity index (χ3v) is 2.17. The van der Waals surface area contributed by atoms with Crippen LogP contribution in [0.5, 0.6) is 0 Å². The van der Waals surface area contributed by atoms with Crippen molar-refractivity contribution in [2.45, 2.75) is 20.3 Å². The number of tetrazole rings is 1. The second kappa shape index (κ2) is 4.21. The van der Waals surface area contributed by atoms with Gasteiger partial charge in [-0.1, -0.05) is 26.0 Å². The minimum absolute atomic E-state index is 0.661. The van der Waals surface area contributed by atoms with Crippen LogP contribution in [0, 0.1) is 5.92 Å². The molecule has 0 amide bonds. The summed E-state index contributed by atoms with van der Waals surface area (Å²) in [6.45, 7) is 4.42. The van der Waals surface area contributed by atoms with Crippen molar-refractivity contribution in [3.63, 3.8) is 0 Å². The molecule has 78 valence electrons. The molecule has 0 fully saturated rings. The summed E-state index contributed by atoms with van der Waals surface area (Å²) >= 11 is 0. The Bertz CT molecular complexity index is 420. The highest BCUT2D eigenvalue weighted by molar-refractivity contribution is 5.34. The quantitative estimate of drug-likeness (QED) is 0.763. The average molecular weight is 202 g/mol. The molecule has 0 aliphatic heterocycles. The smallest absolute Gasteiger partial charge is 0.143 e. The van der Waals surface area contributed by atoms with Gasteiger partial charge in [-0.2, -0.15) is 0 Å². The first kappa shape index (κ1) is 9.83. The van der Waals surface area contributed by atoms with E-state index in [1.165, 1.54) is 5.56 Å². The fourth-order valence-corrected chi connectivity index (χ4v) is 1.58. The Morgan fingerprint density at radius 3 is 2.87 bits per heavy atom. The van der Waals surface area contributed by atoms with E-state index in [0.717, 1.165) is 12.1 Å². The first-order valence-corrected chi connectivity index (χ1v) is 5.08. The lowest BCUT2D eigenvalue weighted by Gasteiger charge is -2.06. The molecule has 0 aliphatic carbocycles. The van der Waals surface area contributed by atoms with E-state index in [1.54, 1.807) is 11.0 Å². The molecule has 0 atom stereocenters. The summed E-state index contributed by atoms with van der Waals surface area (Å²) in [5.74, 6) is 0.661. The van der Waals surface area contributed by atoms with E-state index in [2.05, 4.69) is 41.5 Å². The predicted molar refractivity (Wildman–Crippen MR) is 57.7 cm³/mol. The van der Waals surface area contributed by atoms with Crippen LogP contribution in [-0.4, -0.2) is 20.2 Å². The molecular formula is C11H14N4. The molecular weight excluding hydrogens is 188 g/mol. The van der Waals surface area contributed by atoms with Crippen LogP contribution >= 0.6 is 0 Å². The second-order valence-electron chi connectivity index (χ2n) is 4.02. The lowest BCUT2D eigenvalue weighted by atomic mass is 10.0. The van der Waals surface area contributed by atoms with Gasteiger partial charge < -0.3 is 0 Å². The molecule has 1 aromatic heterocycles. The van der Waals surface area contributed by atoms with E-state index in [9.17, 15) is 0 Å². The van der Waals surface area contributed by atoms with E-state index in [-0.39, 0.29) is 0 Å². The van der Waals surface area contributed by atoms with Crippen LogP contribution in [0.3, 0.4) is 0 Å². The first-order chi connectivity index (χ1) is 7.25. The highest BCUT2D eigenvalue weighted by Crippen LogP contribution is 2.12. The Labute approximate surface area is 88.9 Å². The van der Waals surface area contributed by atoms with Crippen molar-refractivity contribution in [2.24, 2.45) is 5.92 Å². The third kappa shape index (κ3) is 2.40. The van der Waals surface area contributed by atoms with Gasteiger partial charge in [0.2, 0.25) is 0 Å². The molecule has 0 saturated heterocycles. The van der Waals surface area contributed by atoms with E-state index >= 15 is 0 Å². The summed E-state index contributed by atoms with van der Waals surface area (Å²) in [6, 6.07) is 8.29. The van der Waals surface area contributed by atoms with Crippen LogP contribution in [-0.2, 0) is 6.42 Å². The molecule has 0 bridgehead atoms. The standard InChI is InChI=1S/C11H14N4/c1-9(2)6-10-4-3-5-11(7-10)15-8-12-13-14-15/h3-5,7-9H,6H2,1-2H3. The van der Waals surface area contributed by atoms with Gasteiger partial charge >= 0.3 is 0 Å². The molecule has 0 aliphatic rings. The van der Waals surface area contributed by atoms with Crippen molar-refractivity contribution in [1.29, 1.82) is 0 Å². The molecule has 0 N–H and O–H groups in total. The van der Waals surface area contributed by atoms with Crippen LogP contribution < -0.4 is 0 Å². The predicted octanol–water partition coefficient (Wildman–Crippen LogP) is 1.86. The zero-order chi connectivity index (χ0) is 10.7. The van der Waals surface area contributed by atoms with Gasteiger partial charge in [0.05, 0.1) is 5.69 Å². The summed E-state index contributed by atoms with van der Waals surface area (Å²) < 4.78 is 1.67. The van der Waals surface area contributed by atoms with E-state index in [4.69, 9.17) is 0 Å². The van der Waals surface area contributed by atoms with Gasteiger partial charge in [0, 0.05) is 0 Å². The highest BCUT2D eigenvalue weighted by atomic mass is 15.5. The Kier molecular flexibility index (Phi) is 2.76. The Hall–Kier alpha value is -1.71. The maximum absolute atomic E-state index is 3.86. The monoisotopic (exact) mass is 202 g/mol. The third-order valence-electron chi connectivity index (χ3n) is 2.17. The fourth-order valence-electron chi connectivity index (χ4n) is 1.58. The van der Waals surface area contributed by atoms with Gasteiger partial charge in [0.15, 0.2) is 0 Å². The van der Waals surface area contributed by atoms with Crippen molar-refractivity contribution in [3.05, 3.63) is 36.2 Å². The van der Waals surface area contributed by atoms with Gasteiger partial charge in [-0.25, -0.2) is 4.68 Å². The van der Waals surface area contributed by atoms with Crippen LogP contribution in [0.2, 0.25) is 0 Å². The Morgan fingerprint density at radius 1 is 1.33 bits per heavy atom. The molecule has 4 heteroatoms. The van der Waals surface area contributed by atoms with E-state index in [0.29, 0.717) is 5.92 Å². The topological polar surface area (TPSA) is 43.6 Å². The van der Waals surface area contributed by atoms with Gasteiger partial charge in [-0.05, 0) is 40.5 Å². The first-order valence-electron chi connectivity index (χ1n) is 5.08. The molecule has 4 nitrogen and oxygen atoms in total. The zero-order valence-electron chi connectivity index (χ0n) is 8.96. The number of rotatable bonds is 3. The second-order valence-corrected chi connectivity index (χ2v) is 4.02. The molecule has 15 heavy (non-hydrogen) atoms. The van der Waals surface area contributed by atoms with Crippen LogP contribution in [0.15, 0.2) is 30.6 Å². The molecule has 0 radical (unpaired) electrons. The molecule has 2 rings (SSSR count). The van der Waals surface area contributed by atoms with Crippen molar-refractivity contribution >= 4 is 0 Å². The fraction of sp³-hybridized carbons (Fsp3) is 0.364. The lowest BCUT2D eigenvalue weighted by molar-refractivity contribution is 0.646. The number of hydrogen-bond donors (Lipinski definition) is 0. The maximum Gasteiger partial charge on any atom is 0.143 e. The van der Waals surface area contributed by atoms with E-state index in [1.807, 2.05) is 12.1 Å². The SMILES string of the molecule is CC(C)Cc1cccc(-n2cnnn2)c1. The summed E-state index contributed by atoms with van der Waals surface area (Å²) in [7, 11) is 0. The number of benzene rings is 1. The molecule has 1 heterocycles. The largest absolute Gasteiger partial charge is 0.201 e. The molecule has 1 aromatic carbocycles. The van der Waals surface area contributed by atoms with Gasteiger partial charge in [-0.15, -0.1) is 5.10 Å². The van der Waals surface area contributed by atoms with Gasteiger partial charge in [0.1, 0.15) is 6.33 Å². The lowest BCUT2D eigenvalue weighted by Crippen LogP contribution is -1.98. The molecule has 0 unspecified atom stereocenters. The number of aromatic nitrogens is 4. The normalized spacial score (nSPS) is 10.9. The average Bonchev–Trinajstić information content (AvgIpc) is 2.69. The summed E-state index contributed by atoms with van der Waals surface area (Å²) in [6.07, 6.45) is 2.68. The van der Waals surface area contributed by atoms with Crippen LogP contribution in [0.1, 0.15) is 19.4 Å². The summed E-state index contributed by atoms with van der Waals surface area (Å²) in [4.78, 5) is 0. The van der Waals surface area contributed by atoms with Crippen molar-refractivity contribution in [1.82, 2.24) is 20.2 Å². The Morgan fingerprint density at radius 2 is 2.20 bits per heavy atom. The zero-order valence-corrected chi connectivity index (χ0v) is 8.96. The summed E-state index contributed by atoms with van der Waals surface area (Å²) in [5, 5.41) is 11.1. The van der Waals surface area contributed by atoms with Crippen molar-refractivity contribution in [2.75, 3.05) is 0 Å². The molecule has 0 spiro atoms. The number of nitrogens with zero attached hydrogens (tertiary/aromatic N) is 4. The van der Waals surface area contributed by atoms with Gasteiger partial charge in [-0.3, -0.25) is 0 Å². The van der Waals surface area contributed by atoms with Crippen molar-refractivity contribution in [3.8, 4) is 5.69 Å². The minimum atomic E-state index is 0.661. The molecule has 2 aromatic rings. The van der Waals surface area contributed by atoms with Crippen LogP contribution in [0.25, 0.3) is 5.69 Å². The number of hydrogen-bond acceptors (Lipinski definition) is 3.